The van der Waals surface area contributed by atoms with Gasteiger partial charge in [-0.1, -0.05) is 6.92 Å². The first-order valence-corrected chi connectivity index (χ1v) is 5.92. The topological polar surface area (TPSA) is 68.0 Å². The number of aryl methyl sites for hydroxylation is 1. The van der Waals surface area contributed by atoms with E-state index in [1.807, 2.05) is 13.8 Å². The van der Waals surface area contributed by atoms with Gasteiger partial charge in [0, 0.05) is 17.3 Å². The molecule has 0 aromatic carbocycles. The van der Waals surface area contributed by atoms with E-state index in [0.717, 1.165) is 17.0 Å². The van der Waals surface area contributed by atoms with Crippen LogP contribution in [0.1, 0.15) is 30.3 Å². The Morgan fingerprint density at radius 1 is 1.73 bits per heavy atom. The largest absolute Gasteiger partial charge is 0.351 e. The van der Waals surface area contributed by atoms with Crippen LogP contribution in [-0.2, 0) is 11.3 Å². The van der Waals surface area contributed by atoms with Gasteiger partial charge in [-0.2, -0.15) is 0 Å². The molecule has 0 saturated heterocycles. The zero-order valence-electron chi connectivity index (χ0n) is 9.12. The fraction of sp³-hybridized carbons (Fsp3) is 0.600. The predicted octanol–water partition coefficient (Wildman–Crippen LogP) is 1.20. The summed E-state index contributed by atoms with van der Waals surface area (Å²) < 4.78 is 0. The van der Waals surface area contributed by atoms with Gasteiger partial charge >= 0.3 is 0 Å². The fourth-order valence-electron chi connectivity index (χ4n) is 1.13. The van der Waals surface area contributed by atoms with Crippen LogP contribution in [0.3, 0.4) is 0 Å². The van der Waals surface area contributed by atoms with Crippen LogP contribution in [-0.4, -0.2) is 16.9 Å². The minimum absolute atomic E-state index is 0.0113. The summed E-state index contributed by atoms with van der Waals surface area (Å²) in [5.41, 5.74) is 8.45. The van der Waals surface area contributed by atoms with Crippen LogP contribution in [0, 0.1) is 6.92 Å². The predicted molar refractivity (Wildman–Crippen MR) is 61.6 cm³/mol. The van der Waals surface area contributed by atoms with Crippen molar-refractivity contribution in [3.8, 4) is 0 Å². The van der Waals surface area contributed by atoms with Crippen molar-refractivity contribution in [2.24, 2.45) is 5.73 Å². The maximum atomic E-state index is 11.4. The lowest BCUT2D eigenvalue weighted by atomic mass is 10.1. The molecule has 1 aromatic heterocycles. The molecule has 0 aliphatic heterocycles. The van der Waals surface area contributed by atoms with E-state index >= 15 is 0 Å². The molecule has 1 heterocycles. The Labute approximate surface area is 93.9 Å². The Balaban J connectivity index is 2.31. The van der Waals surface area contributed by atoms with Gasteiger partial charge < -0.3 is 11.1 Å². The molecule has 0 radical (unpaired) electrons. The summed E-state index contributed by atoms with van der Waals surface area (Å²) in [4.78, 5) is 16.6. The second-order valence-electron chi connectivity index (χ2n) is 3.51. The molecule has 5 heteroatoms. The summed E-state index contributed by atoms with van der Waals surface area (Å²) in [5.74, 6) is 0.0113. The number of aromatic nitrogens is 1. The summed E-state index contributed by atoms with van der Waals surface area (Å²) in [6.07, 6.45) is 1.22. The standard InChI is InChI=1S/C10H17N3OS/c1-3-8(11)4-10(14)12-5-9-7(2)13-6-15-9/h6,8H,3-5,11H2,1-2H3,(H,12,14). The van der Waals surface area contributed by atoms with Gasteiger partial charge in [-0.05, 0) is 13.3 Å². The van der Waals surface area contributed by atoms with E-state index in [2.05, 4.69) is 10.3 Å². The van der Waals surface area contributed by atoms with Gasteiger partial charge in [0.1, 0.15) is 0 Å². The van der Waals surface area contributed by atoms with Gasteiger partial charge in [0.15, 0.2) is 0 Å². The van der Waals surface area contributed by atoms with E-state index in [1.165, 1.54) is 0 Å². The molecule has 15 heavy (non-hydrogen) atoms. The molecule has 3 N–H and O–H groups in total. The van der Waals surface area contributed by atoms with Crippen LogP contribution >= 0.6 is 11.3 Å². The van der Waals surface area contributed by atoms with Gasteiger partial charge in [0.05, 0.1) is 17.7 Å². The lowest BCUT2D eigenvalue weighted by Crippen LogP contribution is -2.30. The summed E-state index contributed by atoms with van der Waals surface area (Å²) in [7, 11) is 0. The Morgan fingerprint density at radius 3 is 3.00 bits per heavy atom. The molecule has 1 atom stereocenters. The van der Waals surface area contributed by atoms with Gasteiger partial charge in [0.25, 0.3) is 0 Å². The van der Waals surface area contributed by atoms with E-state index in [4.69, 9.17) is 5.73 Å². The normalized spacial score (nSPS) is 12.5. The molecule has 1 rings (SSSR count). The van der Waals surface area contributed by atoms with Crippen LogP contribution in [0.4, 0.5) is 0 Å². The molecule has 0 aliphatic rings. The number of nitrogens with two attached hydrogens (primary N) is 1. The maximum Gasteiger partial charge on any atom is 0.221 e. The quantitative estimate of drug-likeness (QED) is 0.794. The average molecular weight is 227 g/mol. The first-order valence-electron chi connectivity index (χ1n) is 5.04. The van der Waals surface area contributed by atoms with E-state index in [9.17, 15) is 4.79 Å². The molecule has 0 fully saturated rings. The average Bonchev–Trinajstić information content (AvgIpc) is 2.61. The SMILES string of the molecule is CCC(N)CC(=O)NCc1scnc1C. The zero-order valence-corrected chi connectivity index (χ0v) is 9.93. The van der Waals surface area contributed by atoms with Crippen LogP contribution in [0.5, 0.6) is 0 Å². The van der Waals surface area contributed by atoms with Crippen LogP contribution < -0.4 is 11.1 Å². The summed E-state index contributed by atoms with van der Waals surface area (Å²) in [5, 5.41) is 2.84. The molecule has 84 valence electrons. The third-order valence-electron chi connectivity index (χ3n) is 2.26. The second kappa shape index (κ2) is 5.82. The lowest BCUT2D eigenvalue weighted by molar-refractivity contribution is -0.121. The van der Waals surface area contributed by atoms with Crippen LogP contribution in [0.15, 0.2) is 5.51 Å². The molecular weight excluding hydrogens is 210 g/mol. The first-order chi connectivity index (χ1) is 7.13. The number of hydrogen-bond donors (Lipinski definition) is 2. The van der Waals surface area contributed by atoms with E-state index < -0.39 is 0 Å². The summed E-state index contributed by atoms with van der Waals surface area (Å²) in [6, 6.07) is -0.0347. The van der Waals surface area contributed by atoms with Crippen molar-refractivity contribution in [3.63, 3.8) is 0 Å². The third kappa shape index (κ3) is 3.97. The number of nitrogens with zero attached hydrogens (tertiary/aromatic N) is 1. The number of hydrogen-bond acceptors (Lipinski definition) is 4. The summed E-state index contributed by atoms with van der Waals surface area (Å²) in [6.45, 7) is 4.48. The van der Waals surface area contributed by atoms with Crippen molar-refractivity contribution in [3.05, 3.63) is 16.1 Å². The number of carbonyl (C=O) groups is 1. The van der Waals surface area contributed by atoms with Crippen molar-refractivity contribution in [2.75, 3.05) is 0 Å². The van der Waals surface area contributed by atoms with Crippen LogP contribution in [0.2, 0.25) is 0 Å². The van der Waals surface area contributed by atoms with Crippen molar-refractivity contribution in [1.29, 1.82) is 0 Å². The van der Waals surface area contributed by atoms with Crippen molar-refractivity contribution < 1.29 is 4.79 Å². The smallest absolute Gasteiger partial charge is 0.221 e. The van der Waals surface area contributed by atoms with Crippen LogP contribution in [0.25, 0.3) is 0 Å². The van der Waals surface area contributed by atoms with Crippen molar-refractivity contribution >= 4 is 17.2 Å². The number of rotatable bonds is 5. The van der Waals surface area contributed by atoms with E-state index in [-0.39, 0.29) is 11.9 Å². The number of thiazole rings is 1. The highest BCUT2D eigenvalue weighted by Gasteiger charge is 2.08. The monoisotopic (exact) mass is 227 g/mol. The molecule has 0 saturated carbocycles. The molecule has 0 spiro atoms. The number of nitrogens with one attached hydrogen (secondary N) is 1. The highest BCUT2D eigenvalue weighted by molar-refractivity contribution is 7.09. The Hall–Kier alpha value is -0.940. The van der Waals surface area contributed by atoms with Gasteiger partial charge in [-0.25, -0.2) is 4.98 Å². The maximum absolute atomic E-state index is 11.4. The molecule has 0 bridgehead atoms. The lowest BCUT2D eigenvalue weighted by Gasteiger charge is -2.08. The second-order valence-corrected chi connectivity index (χ2v) is 4.45. The van der Waals surface area contributed by atoms with Gasteiger partial charge in [0.2, 0.25) is 5.91 Å². The van der Waals surface area contributed by atoms with Gasteiger partial charge in [-0.15, -0.1) is 11.3 Å². The minimum atomic E-state index is -0.0347. The van der Waals surface area contributed by atoms with Crippen molar-refractivity contribution in [2.45, 2.75) is 39.3 Å². The Kier molecular flexibility index (Phi) is 4.71. The number of carbonyl (C=O) groups excluding carboxylic acids is 1. The number of amides is 1. The van der Waals surface area contributed by atoms with Gasteiger partial charge in [-0.3, -0.25) is 4.79 Å². The highest BCUT2D eigenvalue weighted by Crippen LogP contribution is 2.11. The van der Waals surface area contributed by atoms with E-state index in [1.54, 1.807) is 16.8 Å². The van der Waals surface area contributed by atoms with E-state index in [0.29, 0.717) is 13.0 Å². The third-order valence-corrected chi connectivity index (χ3v) is 3.20. The molecule has 1 unspecified atom stereocenters. The first kappa shape index (κ1) is 12.1. The zero-order chi connectivity index (χ0) is 11.3. The Bertz CT molecular complexity index is 324. The molecular formula is C10H17N3OS. The van der Waals surface area contributed by atoms with Crippen molar-refractivity contribution in [1.82, 2.24) is 10.3 Å². The highest BCUT2D eigenvalue weighted by atomic mass is 32.1. The Morgan fingerprint density at radius 2 is 2.47 bits per heavy atom. The molecule has 4 nitrogen and oxygen atoms in total. The summed E-state index contributed by atoms with van der Waals surface area (Å²) >= 11 is 1.56. The minimum Gasteiger partial charge on any atom is -0.351 e. The molecule has 0 aliphatic carbocycles. The fourth-order valence-corrected chi connectivity index (χ4v) is 1.85. The molecule has 1 amide bonds. The molecule has 1 aromatic rings.